The molecule has 0 unspecified atom stereocenters. The SMILES string of the molecule is CCCNCc1ccc(S(=O)(=O)NC)c(OC)c1. The highest BCUT2D eigenvalue weighted by Crippen LogP contribution is 2.24. The summed E-state index contributed by atoms with van der Waals surface area (Å²) >= 11 is 0. The molecule has 0 amide bonds. The van der Waals surface area contributed by atoms with Gasteiger partial charge in [0.05, 0.1) is 7.11 Å². The maximum atomic E-state index is 11.7. The fraction of sp³-hybridized carbons (Fsp3) is 0.500. The van der Waals surface area contributed by atoms with Crippen LogP contribution >= 0.6 is 0 Å². The molecule has 2 N–H and O–H groups in total. The van der Waals surface area contributed by atoms with Gasteiger partial charge in [0.1, 0.15) is 10.6 Å². The van der Waals surface area contributed by atoms with Crippen molar-refractivity contribution in [2.24, 2.45) is 0 Å². The van der Waals surface area contributed by atoms with E-state index in [4.69, 9.17) is 4.74 Å². The molecule has 5 nitrogen and oxygen atoms in total. The van der Waals surface area contributed by atoms with E-state index in [1.54, 1.807) is 18.2 Å². The summed E-state index contributed by atoms with van der Waals surface area (Å²) in [6.07, 6.45) is 1.06. The second-order valence-corrected chi connectivity index (χ2v) is 5.72. The lowest BCUT2D eigenvalue weighted by Gasteiger charge is -2.11. The van der Waals surface area contributed by atoms with Crippen molar-refractivity contribution in [1.82, 2.24) is 10.0 Å². The number of sulfonamides is 1. The zero-order valence-corrected chi connectivity index (χ0v) is 11.8. The zero-order chi connectivity index (χ0) is 13.6. The molecule has 0 bridgehead atoms. The molecule has 1 aromatic rings. The summed E-state index contributed by atoms with van der Waals surface area (Å²) < 4.78 is 30.9. The molecule has 0 atom stereocenters. The first kappa shape index (κ1) is 14.9. The minimum absolute atomic E-state index is 0.159. The molecular weight excluding hydrogens is 252 g/mol. The van der Waals surface area contributed by atoms with E-state index in [0.717, 1.165) is 18.5 Å². The van der Waals surface area contributed by atoms with Crippen molar-refractivity contribution in [3.8, 4) is 5.75 Å². The maximum absolute atomic E-state index is 11.7. The molecule has 0 saturated heterocycles. The fourth-order valence-corrected chi connectivity index (χ4v) is 2.44. The first-order valence-electron chi connectivity index (χ1n) is 5.86. The van der Waals surface area contributed by atoms with Gasteiger partial charge in [-0.25, -0.2) is 13.1 Å². The van der Waals surface area contributed by atoms with Crippen LogP contribution in [-0.2, 0) is 16.6 Å². The van der Waals surface area contributed by atoms with Gasteiger partial charge in [-0.1, -0.05) is 13.0 Å². The Kier molecular flexibility index (Phi) is 5.58. The van der Waals surface area contributed by atoms with Crippen LogP contribution in [0.2, 0.25) is 0 Å². The smallest absolute Gasteiger partial charge is 0.243 e. The molecule has 0 radical (unpaired) electrons. The Morgan fingerprint density at radius 1 is 1.33 bits per heavy atom. The van der Waals surface area contributed by atoms with Gasteiger partial charge in [0.15, 0.2) is 0 Å². The highest BCUT2D eigenvalue weighted by atomic mass is 32.2. The van der Waals surface area contributed by atoms with Crippen molar-refractivity contribution < 1.29 is 13.2 Å². The predicted molar refractivity (Wildman–Crippen MR) is 71.2 cm³/mol. The third kappa shape index (κ3) is 3.69. The van der Waals surface area contributed by atoms with E-state index in [1.165, 1.54) is 14.2 Å². The Morgan fingerprint density at radius 3 is 2.61 bits per heavy atom. The van der Waals surface area contributed by atoms with Gasteiger partial charge in [-0.05, 0) is 37.7 Å². The van der Waals surface area contributed by atoms with Crippen LogP contribution < -0.4 is 14.8 Å². The Balaban J connectivity index is 2.97. The molecule has 0 heterocycles. The highest BCUT2D eigenvalue weighted by molar-refractivity contribution is 7.89. The topological polar surface area (TPSA) is 67.4 Å². The zero-order valence-electron chi connectivity index (χ0n) is 11.0. The van der Waals surface area contributed by atoms with Gasteiger partial charge in [0.25, 0.3) is 0 Å². The van der Waals surface area contributed by atoms with Gasteiger partial charge in [0, 0.05) is 6.54 Å². The quantitative estimate of drug-likeness (QED) is 0.730. The molecule has 1 rings (SSSR count). The monoisotopic (exact) mass is 272 g/mol. The van der Waals surface area contributed by atoms with Gasteiger partial charge in [-0.15, -0.1) is 0 Å². The first-order chi connectivity index (χ1) is 8.55. The predicted octanol–water partition coefficient (Wildman–Crippen LogP) is 1.10. The fourth-order valence-electron chi connectivity index (χ4n) is 1.56. The van der Waals surface area contributed by atoms with E-state index in [9.17, 15) is 8.42 Å². The van der Waals surface area contributed by atoms with Gasteiger partial charge in [-0.2, -0.15) is 0 Å². The van der Waals surface area contributed by atoms with Gasteiger partial charge < -0.3 is 10.1 Å². The van der Waals surface area contributed by atoms with Crippen molar-refractivity contribution in [1.29, 1.82) is 0 Å². The Morgan fingerprint density at radius 2 is 2.06 bits per heavy atom. The average molecular weight is 272 g/mol. The summed E-state index contributed by atoms with van der Waals surface area (Å²) in [5.74, 6) is 0.361. The average Bonchev–Trinajstić information content (AvgIpc) is 2.38. The van der Waals surface area contributed by atoms with Crippen LogP contribution in [-0.4, -0.2) is 29.1 Å². The second kappa shape index (κ2) is 6.72. The van der Waals surface area contributed by atoms with E-state index in [2.05, 4.69) is 17.0 Å². The second-order valence-electron chi connectivity index (χ2n) is 3.87. The molecule has 0 aliphatic rings. The minimum atomic E-state index is -3.48. The van der Waals surface area contributed by atoms with Crippen LogP contribution in [0.25, 0.3) is 0 Å². The molecular formula is C12H20N2O3S. The molecule has 0 spiro atoms. The molecule has 0 aliphatic heterocycles. The largest absolute Gasteiger partial charge is 0.495 e. The summed E-state index contributed by atoms with van der Waals surface area (Å²) in [5, 5.41) is 3.25. The standard InChI is InChI=1S/C12H20N2O3S/c1-4-7-14-9-10-5-6-12(11(8-10)17-3)18(15,16)13-2/h5-6,8,13-14H,4,7,9H2,1-3H3. The van der Waals surface area contributed by atoms with E-state index in [-0.39, 0.29) is 4.90 Å². The number of nitrogens with one attached hydrogen (secondary N) is 2. The van der Waals surface area contributed by atoms with Crippen molar-refractivity contribution >= 4 is 10.0 Å². The minimum Gasteiger partial charge on any atom is -0.495 e. The van der Waals surface area contributed by atoms with Crippen LogP contribution in [0, 0.1) is 0 Å². The van der Waals surface area contributed by atoms with Crippen molar-refractivity contribution in [2.75, 3.05) is 20.7 Å². The van der Waals surface area contributed by atoms with Crippen molar-refractivity contribution in [3.05, 3.63) is 23.8 Å². The Hall–Kier alpha value is -1.11. The third-order valence-electron chi connectivity index (χ3n) is 2.54. The van der Waals surface area contributed by atoms with Gasteiger partial charge in [0.2, 0.25) is 10.0 Å². The molecule has 0 aliphatic carbocycles. The molecule has 6 heteroatoms. The summed E-state index contributed by atoms with van der Waals surface area (Å²) in [4.78, 5) is 0.159. The highest BCUT2D eigenvalue weighted by Gasteiger charge is 2.17. The van der Waals surface area contributed by atoms with E-state index < -0.39 is 10.0 Å². The summed E-state index contributed by atoms with van der Waals surface area (Å²) in [5.41, 5.74) is 0.996. The maximum Gasteiger partial charge on any atom is 0.243 e. The lowest BCUT2D eigenvalue weighted by molar-refractivity contribution is 0.401. The Bertz CT molecular complexity index is 486. The number of rotatable bonds is 7. The van der Waals surface area contributed by atoms with Crippen LogP contribution in [0.5, 0.6) is 5.75 Å². The normalized spacial score (nSPS) is 11.5. The van der Waals surface area contributed by atoms with Crippen LogP contribution in [0.3, 0.4) is 0 Å². The molecule has 0 aromatic heterocycles. The summed E-state index contributed by atoms with van der Waals surface area (Å²) in [7, 11) is -0.632. The molecule has 18 heavy (non-hydrogen) atoms. The lowest BCUT2D eigenvalue weighted by Crippen LogP contribution is -2.20. The summed E-state index contributed by atoms with van der Waals surface area (Å²) in [6, 6.07) is 5.09. The third-order valence-corrected chi connectivity index (χ3v) is 4.00. The van der Waals surface area contributed by atoms with Crippen LogP contribution in [0.15, 0.2) is 23.1 Å². The molecule has 0 saturated carbocycles. The number of benzene rings is 1. The first-order valence-corrected chi connectivity index (χ1v) is 7.34. The molecule has 0 fully saturated rings. The van der Waals surface area contributed by atoms with Crippen LogP contribution in [0.4, 0.5) is 0 Å². The Labute approximate surface area is 109 Å². The number of ether oxygens (including phenoxy) is 1. The van der Waals surface area contributed by atoms with Gasteiger partial charge in [-0.3, -0.25) is 0 Å². The van der Waals surface area contributed by atoms with E-state index in [0.29, 0.717) is 12.3 Å². The van der Waals surface area contributed by atoms with Crippen molar-refractivity contribution in [3.63, 3.8) is 0 Å². The molecule has 102 valence electrons. The van der Waals surface area contributed by atoms with Crippen LogP contribution in [0.1, 0.15) is 18.9 Å². The number of methoxy groups -OCH3 is 1. The molecule has 1 aromatic carbocycles. The van der Waals surface area contributed by atoms with E-state index >= 15 is 0 Å². The number of hydrogen-bond acceptors (Lipinski definition) is 4. The van der Waals surface area contributed by atoms with Crippen molar-refractivity contribution in [2.45, 2.75) is 24.8 Å². The summed E-state index contributed by atoms with van der Waals surface area (Å²) in [6.45, 7) is 3.72. The van der Waals surface area contributed by atoms with E-state index in [1.807, 2.05) is 0 Å². The van der Waals surface area contributed by atoms with Gasteiger partial charge >= 0.3 is 0 Å². The number of hydrogen-bond donors (Lipinski definition) is 2. The lowest BCUT2D eigenvalue weighted by atomic mass is 10.2.